The van der Waals surface area contributed by atoms with Gasteiger partial charge in [-0.3, -0.25) is 4.98 Å². The molecule has 0 saturated heterocycles. The number of aromatic nitrogens is 3. The van der Waals surface area contributed by atoms with E-state index in [0.29, 0.717) is 17.4 Å². The molecule has 0 aliphatic rings. The molecule has 0 aliphatic heterocycles. The molecule has 0 atom stereocenters. The van der Waals surface area contributed by atoms with Gasteiger partial charge < -0.3 is 4.52 Å². The summed E-state index contributed by atoms with van der Waals surface area (Å²) in [6.45, 7) is 2.03. The lowest BCUT2D eigenvalue weighted by Crippen LogP contribution is -1.83. The SMILES string of the molecule is Cc1cccc(-c2noc(-c3ccccn3)n2)c1. The molecule has 2 heterocycles. The Morgan fingerprint density at radius 1 is 1.06 bits per heavy atom. The first-order valence-electron chi connectivity index (χ1n) is 5.65. The Bertz CT molecular complexity index is 662. The summed E-state index contributed by atoms with van der Waals surface area (Å²) in [5, 5.41) is 3.98. The fourth-order valence-corrected chi connectivity index (χ4v) is 1.72. The molecule has 0 amide bonds. The van der Waals surface area contributed by atoms with Gasteiger partial charge in [-0.25, -0.2) is 0 Å². The molecule has 3 aromatic rings. The average molecular weight is 237 g/mol. The van der Waals surface area contributed by atoms with Crippen LogP contribution in [0, 0.1) is 6.92 Å². The molecule has 2 aromatic heterocycles. The zero-order valence-corrected chi connectivity index (χ0v) is 9.87. The van der Waals surface area contributed by atoms with Gasteiger partial charge in [0.2, 0.25) is 5.82 Å². The van der Waals surface area contributed by atoms with E-state index >= 15 is 0 Å². The van der Waals surface area contributed by atoms with Gasteiger partial charge in [0.25, 0.3) is 5.89 Å². The summed E-state index contributed by atoms with van der Waals surface area (Å²) in [6, 6.07) is 13.6. The molecule has 0 fully saturated rings. The van der Waals surface area contributed by atoms with Crippen LogP contribution in [0.3, 0.4) is 0 Å². The molecule has 18 heavy (non-hydrogen) atoms. The van der Waals surface area contributed by atoms with Crippen molar-refractivity contribution < 1.29 is 4.52 Å². The minimum Gasteiger partial charge on any atom is -0.332 e. The molecule has 0 N–H and O–H groups in total. The van der Waals surface area contributed by atoms with E-state index in [1.807, 2.05) is 49.4 Å². The van der Waals surface area contributed by atoms with E-state index in [0.717, 1.165) is 11.1 Å². The third kappa shape index (κ3) is 2.00. The lowest BCUT2D eigenvalue weighted by atomic mass is 10.1. The second-order valence-electron chi connectivity index (χ2n) is 4.01. The smallest absolute Gasteiger partial charge is 0.276 e. The zero-order chi connectivity index (χ0) is 12.4. The highest BCUT2D eigenvalue weighted by molar-refractivity contribution is 5.58. The summed E-state index contributed by atoms with van der Waals surface area (Å²) in [5.74, 6) is 1.02. The molecule has 0 bridgehead atoms. The highest BCUT2D eigenvalue weighted by Crippen LogP contribution is 2.21. The van der Waals surface area contributed by atoms with Crippen LogP contribution in [0.5, 0.6) is 0 Å². The number of nitrogens with zero attached hydrogens (tertiary/aromatic N) is 3. The van der Waals surface area contributed by atoms with Crippen molar-refractivity contribution in [2.24, 2.45) is 0 Å². The summed E-state index contributed by atoms with van der Waals surface area (Å²) < 4.78 is 5.22. The summed E-state index contributed by atoms with van der Waals surface area (Å²) in [6.07, 6.45) is 1.70. The van der Waals surface area contributed by atoms with Crippen molar-refractivity contribution in [1.82, 2.24) is 15.1 Å². The van der Waals surface area contributed by atoms with Crippen LogP contribution in [0.25, 0.3) is 23.0 Å². The van der Waals surface area contributed by atoms with Crippen LogP contribution in [0.2, 0.25) is 0 Å². The van der Waals surface area contributed by atoms with Gasteiger partial charge in [0.05, 0.1) is 0 Å². The van der Waals surface area contributed by atoms with Gasteiger partial charge in [0.1, 0.15) is 5.69 Å². The Morgan fingerprint density at radius 2 is 2.00 bits per heavy atom. The molecular formula is C14H11N3O. The van der Waals surface area contributed by atoms with Gasteiger partial charge in [0.15, 0.2) is 0 Å². The fourth-order valence-electron chi connectivity index (χ4n) is 1.72. The Labute approximate surface area is 104 Å². The van der Waals surface area contributed by atoms with Crippen LogP contribution < -0.4 is 0 Å². The fraction of sp³-hybridized carbons (Fsp3) is 0.0714. The van der Waals surface area contributed by atoms with Crippen molar-refractivity contribution in [3.05, 3.63) is 54.2 Å². The third-order valence-corrected chi connectivity index (χ3v) is 2.59. The zero-order valence-electron chi connectivity index (χ0n) is 9.87. The number of pyridine rings is 1. The minimum atomic E-state index is 0.437. The van der Waals surface area contributed by atoms with E-state index in [4.69, 9.17) is 4.52 Å². The Hall–Kier alpha value is -2.49. The van der Waals surface area contributed by atoms with Gasteiger partial charge in [-0.05, 0) is 25.1 Å². The van der Waals surface area contributed by atoms with Crippen molar-refractivity contribution in [2.45, 2.75) is 6.92 Å². The molecule has 0 unspecified atom stereocenters. The normalized spacial score (nSPS) is 10.5. The van der Waals surface area contributed by atoms with Crippen LogP contribution in [0.4, 0.5) is 0 Å². The standard InChI is InChI=1S/C14H11N3O/c1-10-5-4-6-11(9-10)13-16-14(18-17-13)12-7-2-3-8-15-12/h2-9H,1H3. The molecule has 4 heteroatoms. The lowest BCUT2D eigenvalue weighted by molar-refractivity contribution is 0.431. The molecular weight excluding hydrogens is 226 g/mol. The molecule has 88 valence electrons. The summed E-state index contributed by atoms with van der Waals surface area (Å²) in [5.41, 5.74) is 2.79. The van der Waals surface area contributed by atoms with Gasteiger partial charge in [-0.2, -0.15) is 4.98 Å². The molecule has 0 saturated carbocycles. The predicted molar refractivity (Wildman–Crippen MR) is 67.7 cm³/mol. The van der Waals surface area contributed by atoms with E-state index in [-0.39, 0.29) is 0 Å². The number of aryl methyl sites for hydroxylation is 1. The van der Waals surface area contributed by atoms with E-state index in [9.17, 15) is 0 Å². The molecule has 1 aromatic carbocycles. The van der Waals surface area contributed by atoms with E-state index in [1.165, 1.54) is 0 Å². The van der Waals surface area contributed by atoms with Crippen molar-refractivity contribution in [1.29, 1.82) is 0 Å². The molecule has 3 rings (SSSR count). The van der Waals surface area contributed by atoms with Crippen LogP contribution in [-0.2, 0) is 0 Å². The third-order valence-electron chi connectivity index (χ3n) is 2.59. The number of benzene rings is 1. The highest BCUT2D eigenvalue weighted by atomic mass is 16.5. The number of hydrogen-bond donors (Lipinski definition) is 0. The monoisotopic (exact) mass is 237 g/mol. The van der Waals surface area contributed by atoms with Crippen LogP contribution in [0.15, 0.2) is 53.2 Å². The maximum absolute atomic E-state index is 5.22. The number of hydrogen-bond acceptors (Lipinski definition) is 4. The van der Waals surface area contributed by atoms with Gasteiger partial charge in [0, 0.05) is 11.8 Å². The topological polar surface area (TPSA) is 51.8 Å². The van der Waals surface area contributed by atoms with Crippen molar-refractivity contribution >= 4 is 0 Å². The second kappa shape index (κ2) is 4.41. The van der Waals surface area contributed by atoms with E-state index < -0.39 is 0 Å². The maximum Gasteiger partial charge on any atom is 0.276 e. The van der Waals surface area contributed by atoms with E-state index in [1.54, 1.807) is 6.20 Å². The van der Waals surface area contributed by atoms with Crippen molar-refractivity contribution in [3.63, 3.8) is 0 Å². The second-order valence-corrected chi connectivity index (χ2v) is 4.01. The van der Waals surface area contributed by atoms with Gasteiger partial charge >= 0.3 is 0 Å². The van der Waals surface area contributed by atoms with Crippen molar-refractivity contribution in [3.8, 4) is 23.0 Å². The average Bonchev–Trinajstić information content (AvgIpc) is 2.89. The summed E-state index contributed by atoms with van der Waals surface area (Å²) in [4.78, 5) is 8.53. The molecule has 0 spiro atoms. The van der Waals surface area contributed by atoms with Gasteiger partial charge in [-0.1, -0.05) is 35.0 Å². The highest BCUT2D eigenvalue weighted by Gasteiger charge is 2.10. The molecule has 0 radical (unpaired) electrons. The summed E-state index contributed by atoms with van der Waals surface area (Å²) >= 11 is 0. The predicted octanol–water partition coefficient (Wildman–Crippen LogP) is 3.11. The Balaban J connectivity index is 2.00. The Morgan fingerprint density at radius 3 is 2.78 bits per heavy atom. The first-order valence-corrected chi connectivity index (χ1v) is 5.65. The van der Waals surface area contributed by atoms with Crippen LogP contribution >= 0.6 is 0 Å². The first kappa shape index (κ1) is 10.7. The maximum atomic E-state index is 5.22. The Kier molecular flexibility index (Phi) is 2.61. The minimum absolute atomic E-state index is 0.437. The molecule has 0 aliphatic carbocycles. The number of rotatable bonds is 2. The summed E-state index contributed by atoms with van der Waals surface area (Å²) in [7, 11) is 0. The molecule has 4 nitrogen and oxygen atoms in total. The first-order chi connectivity index (χ1) is 8.83. The quantitative estimate of drug-likeness (QED) is 0.687. The van der Waals surface area contributed by atoms with Gasteiger partial charge in [-0.15, -0.1) is 0 Å². The lowest BCUT2D eigenvalue weighted by Gasteiger charge is -1.95. The van der Waals surface area contributed by atoms with Crippen LogP contribution in [0.1, 0.15) is 5.56 Å². The van der Waals surface area contributed by atoms with Crippen molar-refractivity contribution in [2.75, 3.05) is 0 Å². The van der Waals surface area contributed by atoms with E-state index in [2.05, 4.69) is 15.1 Å². The van der Waals surface area contributed by atoms with Crippen LogP contribution in [-0.4, -0.2) is 15.1 Å². The largest absolute Gasteiger partial charge is 0.332 e.